The zero-order valence-corrected chi connectivity index (χ0v) is 32.4. The maximum absolute atomic E-state index is 12.6. The number of allylic oxidation sites excluding steroid dienone is 4. The Labute approximate surface area is 301 Å². The molecule has 2 atom stereocenters. The van der Waals surface area contributed by atoms with Crippen LogP contribution >= 0.6 is 0 Å². The van der Waals surface area contributed by atoms with Gasteiger partial charge < -0.3 is 28.6 Å². The summed E-state index contributed by atoms with van der Waals surface area (Å²) < 4.78 is 17.1. The summed E-state index contributed by atoms with van der Waals surface area (Å²) in [5.74, 6) is -1.77. The van der Waals surface area contributed by atoms with Crippen LogP contribution in [0.25, 0.3) is 0 Å². The number of carboxylic acid groups (broad SMARTS) is 1. The van der Waals surface area contributed by atoms with Crippen LogP contribution in [0.1, 0.15) is 168 Å². The van der Waals surface area contributed by atoms with E-state index in [9.17, 15) is 19.5 Å². The van der Waals surface area contributed by atoms with Crippen LogP contribution in [0, 0.1) is 0 Å². The quantitative estimate of drug-likeness (QED) is 0.0283. The van der Waals surface area contributed by atoms with E-state index in [1.54, 1.807) is 21.1 Å². The first-order valence-electron chi connectivity index (χ1n) is 19.9. The molecule has 0 saturated heterocycles. The first kappa shape index (κ1) is 46.8. The number of aliphatic carboxylic acids is 1. The van der Waals surface area contributed by atoms with Crippen molar-refractivity contribution in [2.75, 3.05) is 41.0 Å². The molecule has 0 rings (SSSR count). The summed E-state index contributed by atoms with van der Waals surface area (Å²) in [6, 6.07) is -0.725. The second-order valence-electron chi connectivity index (χ2n) is 14.5. The highest BCUT2D eigenvalue weighted by molar-refractivity contribution is 5.70. The SMILES string of the molecule is CCCC/C=C/CCCCCCCC(=O)OC(COCCC(C(=O)[O-])[N+](C)(C)C)COC(=O)CCCCC/C=C/CCCCCCCCC. The molecule has 0 fully saturated rings. The fraction of sp³-hybridized carbons (Fsp3) is 0.829. The van der Waals surface area contributed by atoms with Crippen molar-refractivity contribution in [2.45, 2.75) is 180 Å². The Kier molecular flexibility index (Phi) is 31.5. The van der Waals surface area contributed by atoms with E-state index in [0.29, 0.717) is 12.8 Å². The minimum atomic E-state index is -1.13. The molecule has 286 valence electrons. The number of carboxylic acids is 1. The molecule has 0 aliphatic rings. The summed E-state index contributed by atoms with van der Waals surface area (Å²) in [5, 5.41) is 11.6. The predicted octanol–water partition coefficient (Wildman–Crippen LogP) is 8.80. The maximum atomic E-state index is 12.6. The van der Waals surface area contributed by atoms with Gasteiger partial charge in [-0.3, -0.25) is 9.59 Å². The lowest BCUT2D eigenvalue weighted by Crippen LogP contribution is -2.55. The van der Waals surface area contributed by atoms with Crippen LogP contribution in [0.4, 0.5) is 0 Å². The Hall–Kier alpha value is -2.19. The van der Waals surface area contributed by atoms with Crippen molar-refractivity contribution in [1.29, 1.82) is 0 Å². The summed E-state index contributed by atoms with van der Waals surface area (Å²) in [5.41, 5.74) is 0. The molecule has 0 heterocycles. The van der Waals surface area contributed by atoms with E-state index in [-0.39, 0.29) is 42.7 Å². The summed E-state index contributed by atoms with van der Waals surface area (Å²) in [6.45, 7) is 4.58. The molecule has 0 amide bonds. The predicted molar refractivity (Wildman–Crippen MR) is 199 cm³/mol. The van der Waals surface area contributed by atoms with Crippen LogP contribution < -0.4 is 5.11 Å². The molecule has 0 radical (unpaired) electrons. The van der Waals surface area contributed by atoms with Crippen LogP contribution in [0.2, 0.25) is 0 Å². The van der Waals surface area contributed by atoms with E-state index in [2.05, 4.69) is 38.2 Å². The van der Waals surface area contributed by atoms with Crippen molar-refractivity contribution in [3.05, 3.63) is 24.3 Å². The number of quaternary nitrogens is 1. The number of carbonyl (C=O) groups is 3. The van der Waals surface area contributed by atoms with Crippen LogP contribution in [-0.2, 0) is 28.6 Å². The van der Waals surface area contributed by atoms with Crippen molar-refractivity contribution in [3.63, 3.8) is 0 Å². The molecular formula is C41H75NO7. The average Bonchev–Trinajstić information content (AvgIpc) is 3.05. The normalized spacial score (nSPS) is 13.2. The Morgan fingerprint density at radius 2 is 1.04 bits per heavy atom. The number of carbonyl (C=O) groups excluding carboxylic acids is 3. The zero-order valence-electron chi connectivity index (χ0n) is 32.4. The molecule has 49 heavy (non-hydrogen) atoms. The highest BCUT2D eigenvalue weighted by Crippen LogP contribution is 2.13. The van der Waals surface area contributed by atoms with Crippen molar-refractivity contribution in [1.82, 2.24) is 0 Å². The van der Waals surface area contributed by atoms with E-state index in [1.807, 2.05) is 0 Å². The minimum Gasteiger partial charge on any atom is -0.544 e. The van der Waals surface area contributed by atoms with Crippen LogP contribution in [-0.4, -0.2) is 75.5 Å². The lowest BCUT2D eigenvalue weighted by Gasteiger charge is -2.34. The van der Waals surface area contributed by atoms with Gasteiger partial charge in [0.1, 0.15) is 12.6 Å². The van der Waals surface area contributed by atoms with Crippen LogP contribution in [0.5, 0.6) is 0 Å². The summed E-state index contributed by atoms with van der Waals surface area (Å²) in [7, 11) is 5.39. The standard InChI is InChI=1S/C41H75NO7/c1-6-8-10-12-14-16-18-19-20-22-23-25-27-29-31-39(43)48-36-37(35-47-34-33-38(41(45)46)42(3,4)5)49-40(44)32-30-28-26-24-21-17-15-13-11-9-7-2/h13,15,20,22,37-38H,6-12,14,16-19,21,23-36H2,1-5H3/b15-13+,22-20+. The van der Waals surface area contributed by atoms with Gasteiger partial charge in [0.2, 0.25) is 0 Å². The van der Waals surface area contributed by atoms with Gasteiger partial charge in [-0.05, 0) is 57.8 Å². The second kappa shape index (κ2) is 33.0. The number of ether oxygens (including phenoxy) is 3. The van der Waals surface area contributed by atoms with Gasteiger partial charge in [-0.2, -0.15) is 0 Å². The summed E-state index contributed by atoms with van der Waals surface area (Å²) >= 11 is 0. The van der Waals surface area contributed by atoms with E-state index in [4.69, 9.17) is 14.2 Å². The van der Waals surface area contributed by atoms with E-state index in [1.165, 1.54) is 64.2 Å². The Balaban J connectivity index is 4.42. The van der Waals surface area contributed by atoms with Crippen LogP contribution in [0.3, 0.4) is 0 Å². The molecule has 0 spiro atoms. The molecule has 8 heteroatoms. The van der Waals surface area contributed by atoms with Crippen molar-refractivity contribution < 1.29 is 38.2 Å². The molecule has 0 aromatic heterocycles. The third kappa shape index (κ3) is 31.5. The van der Waals surface area contributed by atoms with E-state index < -0.39 is 18.1 Å². The number of hydrogen-bond acceptors (Lipinski definition) is 7. The maximum Gasteiger partial charge on any atom is 0.306 e. The largest absolute Gasteiger partial charge is 0.544 e. The minimum absolute atomic E-state index is 0.0346. The number of likely N-dealkylation sites (N-methyl/N-ethyl adjacent to an activating group) is 1. The van der Waals surface area contributed by atoms with Gasteiger partial charge in [0.15, 0.2) is 6.10 Å². The highest BCUT2D eigenvalue weighted by atomic mass is 16.6. The molecule has 0 aliphatic carbocycles. The number of esters is 2. The molecule has 0 aromatic carbocycles. The van der Waals surface area contributed by atoms with E-state index in [0.717, 1.165) is 70.6 Å². The van der Waals surface area contributed by atoms with Crippen molar-refractivity contribution in [2.24, 2.45) is 0 Å². The Bertz CT molecular complexity index is 864. The third-order valence-electron chi connectivity index (χ3n) is 8.81. The monoisotopic (exact) mass is 694 g/mol. The molecule has 0 bridgehead atoms. The van der Waals surface area contributed by atoms with Crippen molar-refractivity contribution >= 4 is 17.9 Å². The van der Waals surface area contributed by atoms with Gasteiger partial charge in [-0.1, -0.05) is 115 Å². The second-order valence-corrected chi connectivity index (χ2v) is 14.5. The third-order valence-corrected chi connectivity index (χ3v) is 8.81. The average molecular weight is 694 g/mol. The number of nitrogens with zero attached hydrogens (tertiary/aromatic N) is 1. The van der Waals surface area contributed by atoms with Gasteiger partial charge in [-0.15, -0.1) is 0 Å². The fourth-order valence-corrected chi connectivity index (χ4v) is 5.63. The molecule has 0 saturated carbocycles. The molecule has 0 aromatic rings. The highest BCUT2D eigenvalue weighted by Gasteiger charge is 2.25. The lowest BCUT2D eigenvalue weighted by atomic mass is 10.1. The smallest absolute Gasteiger partial charge is 0.306 e. The topological polar surface area (TPSA) is 102 Å². The summed E-state index contributed by atoms with van der Waals surface area (Å²) in [6.07, 6.45) is 33.4. The van der Waals surface area contributed by atoms with Gasteiger partial charge in [0, 0.05) is 19.3 Å². The van der Waals surface area contributed by atoms with Gasteiger partial charge in [0.05, 0.1) is 40.3 Å². The Morgan fingerprint density at radius 3 is 1.55 bits per heavy atom. The van der Waals surface area contributed by atoms with Gasteiger partial charge in [-0.25, -0.2) is 0 Å². The summed E-state index contributed by atoms with van der Waals surface area (Å²) in [4.78, 5) is 36.6. The molecule has 0 N–H and O–H groups in total. The van der Waals surface area contributed by atoms with E-state index >= 15 is 0 Å². The Morgan fingerprint density at radius 1 is 0.592 bits per heavy atom. The first-order chi connectivity index (χ1) is 23.6. The van der Waals surface area contributed by atoms with Gasteiger partial charge >= 0.3 is 11.9 Å². The molecule has 8 nitrogen and oxygen atoms in total. The lowest BCUT2D eigenvalue weighted by molar-refractivity contribution is -0.889. The molecular weight excluding hydrogens is 618 g/mol. The van der Waals surface area contributed by atoms with Crippen molar-refractivity contribution in [3.8, 4) is 0 Å². The van der Waals surface area contributed by atoms with Crippen LogP contribution in [0.15, 0.2) is 24.3 Å². The fourth-order valence-electron chi connectivity index (χ4n) is 5.63. The number of unbranched alkanes of at least 4 members (excludes halogenated alkanes) is 17. The molecule has 0 aliphatic heterocycles. The zero-order chi connectivity index (χ0) is 36.4. The number of hydrogen-bond donors (Lipinski definition) is 0. The van der Waals surface area contributed by atoms with Gasteiger partial charge in [0.25, 0.3) is 0 Å². The number of rotatable bonds is 35. The first-order valence-corrected chi connectivity index (χ1v) is 19.9. The molecule has 2 unspecified atom stereocenters.